The van der Waals surface area contributed by atoms with Gasteiger partial charge in [-0.2, -0.15) is 0 Å². The molecule has 0 aromatic carbocycles. The fraction of sp³-hybridized carbons (Fsp3) is 0.765. The standard InChI is InChI=1S/C17H32NO8P/c1-6-9-23-27(21,24-10-7-2)25-13-17(18-15(4)19)12-22-11-8-14(3)26-16(5)20/h6,14,17H,1,7-13H2,2-5H3,(H,18,19)/t14-,17+,27?/m1/s1. The first kappa shape index (κ1) is 25.8. The summed E-state index contributed by atoms with van der Waals surface area (Å²) in [5.41, 5.74) is 0. The van der Waals surface area contributed by atoms with Crippen LogP contribution in [0.1, 0.15) is 40.5 Å². The Morgan fingerprint density at radius 1 is 1.15 bits per heavy atom. The lowest BCUT2D eigenvalue weighted by Gasteiger charge is -2.22. The van der Waals surface area contributed by atoms with Crippen LogP contribution in [0.3, 0.4) is 0 Å². The zero-order chi connectivity index (χ0) is 20.7. The smallest absolute Gasteiger partial charge is 0.463 e. The largest absolute Gasteiger partial charge is 0.475 e. The number of ether oxygens (including phenoxy) is 2. The van der Waals surface area contributed by atoms with Crippen LogP contribution >= 0.6 is 7.82 Å². The summed E-state index contributed by atoms with van der Waals surface area (Å²) < 4.78 is 38.7. The van der Waals surface area contributed by atoms with E-state index in [1.807, 2.05) is 6.92 Å². The Labute approximate surface area is 161 Å². The number of amides is 1. The Hall–Kier alpha value is -1.25. The molecule has 0 saturated carbocycles. The highest BCUT2D eigenvalue weighted by Gasteiger charge is 2.28. The number of esters is 1. The maximum Gasteiger partial charge on any atom is 0.475 e. The predicted octanol–water partition coefficient (Wildman–Crippen LogP) is 2.60. The van der Waals surface area contributed by atoms with E-state index >= 15 is 0 Å². The van der Waals surface area contributed by atoms with E-state index in [1.54, 1.807) is 6.92 Å². The molecule has 1 N–H and O–H groups in total. The molecule has 1 unspecified atom stereocenters. The first-order chi connectivity index (χ1) is 12.7. The fourth-order valence-electron chi connectivity index (χ4n) is 1.88. The lowest BCUT2D eigenvalue weighted by molar-refractivity contribution is -0.146. The molecule has 9 nitrogen and oxygen atoms in total. The quantitative estimate of drug-likeness (QED) is 0.179. The normalized spacial score (nSPS) is 15.4. The molecule has 0 aromatic heterocycles. The molecule has 0 aliphatic rings. The highest BCUT2D eigenvalue weighted by molar-refractivity contribution is 7.48. The number of carbonyl (C=O) groups excluding carboxylic acids is 2. The van der Waals surface area contributed by atoms with Crippen molar-refractivity contribution in [3.63, 3.8) is 0 Å². The van der Waals surface area contributed by atoms with Crippen molar-refractivity contribution >= 4 is 19.7 Å². The summed E-state index contributed by atoms with van der Waals surface area (Å²) in [5, 5.41) is 2.66. The van der Waals surface area contributed by atoms with Gasteiger partial charge in [0.2, 0.25) is 5.91 Å². The van der Waals surface area contributed by atoms with E-state index in [0.717, 1.165) is 0 Å². The van der Waals surface area contributed by atoms with Crippen LogP contribution < -0.4 is 5.32 Å². The van der Waals surface area contributed by atoms with E-state index in [4.69, 9.17) is 23.0 Å². The van der Waals surface area contributed by atoms with Crippen molar-refractivity contribution in [1.29, 1.82) is 0 Å². The number of nitrogens with one attached hydrogen (secondary N) is 1. The molecule has 158 valence electrons. The summed E-state index contributed by atoms with van der Waals surface area (Å²) in [5.74, 6) is -0.633. The van der Waals surface area contributed by atoms with Gasteiger partial charge in [-0.1, -0.05) is 13.0 Å². The molecule has 3 atom stereocenters. The van der Waals surface area contributed by atoms with Crippen LogP contribution in [0.15, 0.2) is 12.7 Å². The third-order valence-electron chi connectivity index (χ3n) is 3.00. The maximum atomic E-state index is 12.5. The molecular weight excluding hydrogens is 377 g/mol. The van der Waals surface area contributed by atoms with Gasteiger partial charge < -0.3 is 14.8 Å². The van der Waals surface area contributed by atoms with E-state index in [0.29, 0.717) is 19.4 Å². The minimum absolute atomic E-state index is 0.0103. The highest BCUT2D eigenvalue weighted by atomic mass is 31.2. The van der Waals surface area contributed by atoms with Gasteiger partial charge in [0, 0.05) is 20.3 Å². The van der Waals surface area contributed by atoms with Crippen LogP contribution in [0, 0.1) is 0 Å². The van der Waals surface area contributed by atoms with Gasteiger partial charge in [0.15, 0.2) is 0 Å². The van der Waals surface area contributed by atoms with Gasteiger partial charge in [-0.25, -0.2) is 4.57 Å². The minimum atomic E-state index is -3.76. The zero-order valence-corrected chi connectivity index (χ0v) is 17.5. The van der Waals surface area contributed by atoms with E-state index < -0.39 is 13.9 Å². The van der Waals surface area contributed by atoms with E-state index in [2.05, 4.69) is 11.9 Å². The second-order valence-corrected chi connectivity index (χ2v) is 7.51. The van der Waals surface area contributed by atoms with Crippen LogP contribution in [0.25, 0.3) is 0 Å². The summed E-state index contributed by atoms with van der Waals surface area (Å²) >= 11 is 0. The molecule has 0 saturated heterocycles. The maximum absolute atomic E-state index is 12.5. The van der Waals surface area contributed by atoms with E-state index in [1.165, 1.54) is 19.9 Å². The topological polar surface area (TPSA) is 109 Å². The molecule has 0 spiro atoms. The van der Waals surface area contributed by atoms with Gasteiger partial charge in [0.05, 0.1) is 39.1 Å². The van der Waals surface area contributed by atoms with Gasteiger partial charge >= 0.3 is 13.8 Å². The molecule has 0 aliphatic carbocycles. The summed E-state index contributed by atoms with van der Waals surface area (Å²) in [7, 11) is -3.76. The fourth-order valence-corrected chi connectivity index (χ4v) is 3.16. The minimum Gasteiger partial charge on any atom is -0.463 e. The molecule has 0 heterocycles. The molecule has 0 aliphatic heterocycles. The second-order valence-electron chi connectivity index (χ2n) is 5.84. The summed E-state index contributed by atoms with van der Waals surface area (Å²) in [6, 6.07) is -0.544. The third-order valence-corrected chi connectivity index (χ3v) is 4.43. The lowest BCUT2D eigenvalue weighted by Crippen LogP contribution is -2.40. The van der Waals surface area contributed by atoms with Crippen molar-refractivity contribution in [1.82, 2.24) is 5.32 Å². The molecule has 1 amide bonds. The van der Waals surface area contributed by atoms with Crippen molar-refractivity contribution in [2.45, 2.75) is 52.7 Å². The van der Waals surface area contributed by atoms with Gasteiger partial charge in [-0.05, 0) is 13.3 Å². The number of phosphoric ester groups is 1. The van der Waals surface area contributed by atoms with Gasteiger partial charge in [0.25, 0.3) is 0 Å². The van der Waals surface area contributed by atoms with Crippen LogP contribution in [0.2, 0.25) is 0 Å². The average Bonchev–Trinajstić information content (AvgIpc) is 2.58. The number of hydrogen-bond acceptors (Lipinski definition) is 8. The molecule has 0 rings (SSSR count). The van der Waals surface area contributed by atoms with Crippen molar-refractivity contribution in [3.8, 4) is 0 Å². The van der Waals surface area contributed by atoms with Gasteiger partial charge in [-0.15, -0.1) is 6.58 Å². The van der Waals surface area contributed by atoms with Crippen LogP contribution in [0.5, 0.6) is 0 Å². The highest BCUT2D eigenvalue weighted by Crippen LogP contribution is 2.49. The lowest BCUT2D eigenvalue weighted by atomic mass is 10.3. The molecule has 27 heavy (non-hydrogen) atoms. The predicted molar refractivity (Wildman–Crippen MR) is 100 cm³/mol. The Morgan fingerprint density at radius 2 is 1.85 bits per heavy atom. The van der Waals surface area contributed by atoms with Crippen LogP contribution in [0.4, 0.5) is 0 Å². The van der Waals surface area contributed by atoms with E-state index in [-0.39, 0.29) is 44.4 Å². The second kappa shape index (κ2) is 14.8. The first-order valence-corrected chi connectivity index (χ1v) is 10.3. The first-order valence-electron chi connectivity index (χ1n) is 8.89. The Morgan fingerprint density at radius 3 is 2.41 bits per heavy atom. The average molecular weight is 409 g/mol. The van der Waals surface area contributed by atoms with Crippen LogP contribution in [-0.2, 0) is 37.2 Å². The Kier molecular flexibility index (Phi) is 14.1. The Bertz CT molecular complexity index is 499. The number of rotatable bonds is 16. The van der Waals surface area contributed by atoms with Gasteiger partial charge in [-0.3, -0.25) is 23.2 Å². The van der Waals surface area contributed by atoms with Crippen molar-refractivity contribution in [2.75, 3.05) is 33.0 Å². The van der Waals surface area contributed by atoms with Crippen molar-refractivity contribution < 1.29 is 37.2 Å². The SMILES string of the molecule is C=CCOP(=O)(OCCC)OC[C@H](COCC[C@@H](C)OC(C)=O)NC(C)=O. The number of carbonyl (C=O) groups is 2. The monoisotopic (exact) mass is 409 g/mol. The summed E-state index contributed by atoms with van der Waals surface area (Å²) in [6.45, 7) is 10.4. The van der Waals surface area contributed by atoms with Crippen molar-refractivity contribution in [2.24, 2.45) is 0 Å². The summed E-state index contributed by atoms with van der Waals surface area (Å²) in [6.07, 6.45) is 2.31. The number of hydrogen-bond donors (Lipinski definition) is 1. The molecular formula is C17H32NO8P. The third kappa shape index (κ3) is 14.5. The molecule has 0 fully saturated rings. The molecule has 0 bridgehead atoms. The molecule has 0 aromatic rings. The van der Waals surface area contributed by atoms with Crippen LogP contribution in [-0.4, -0.2) is 57.1 Å². The molecule has 0 radical (unpaired) electrons. The number of phosphoric acid groups is 1. The van der Waals surface area contributed by atoms with E-state index in [9.17, 15) is 14.2 Å². The van der Waals surface area contributed by atoms with Crippen molar-refractivity contribution in [3.05, 3.63) is 12.7 Å². The Balaban J connectivity index is 4.52. The molecule has 10 heteroatoms. The van der Waals surface area contributed by atoms with Gasteiger partial charge in [0.1, 0.15) is 6.10 Å². The summed E-state index contributed by atoms with van der Waals surface area (Å²) in [4.78, 5) is 22.2. The zero-order valence-electron chi connectivity index (χ0n) is 16.6.